The maximum Gasteiger partial charge on any atom is 0.193 e. The van der Waals surface area contributed by atoms with Gasteiger partial charge in [-0.3, -0.25) is 0 Å². The van der Waals surface area contributed by atoms with Crippen molar-refractivity contribution in [2.75, 3.05) is 13.1 Å². The average Bonchev–Trinajstić information content (AvgIpc) is 2.58. The molecule has 0 amide bonds. The van der Waals surface area contributed by atoms with Crippen LogP contribution < -0.4 is 5.32 Å². The molecule has 1 aromatic heterocycles. The van der Waals surface area contributed by atoms with Crippen LogP contribution in [0.25, 0.3) is 0 Å². The van der Waals surface area contributed by atoms with E-state index in [1.54, 1.807) is 6.07 Å². The second kappa shape index (κ2) is 6.38. The molecule has 1 N–H and O–H groups in total. The van der Waals surface area contributed by atoms with Gasteiger partial charge in [-0.25, -0.2) is 0 Å². The molecule has 1 rings (SSSR count). The number of hydrogen-bond acceptors (Lipinski definition) is 3. The Bertz CT molecular complexity index is 264. The highest BCUT2D eigenvalue weighted by atomic mass is 35.5. The minimum atomic E-state index is 0.472. The van der Waals surface area contributed by atoms with Crippen molar-refractivity contribution < 1.29 is 4.42 Å². The van der Waals surface area contributed by atoms with E-state index in [1.165, 1.54) is 0 Å². The first-order valence-electron chi connectivity index (χ1n) is 4.79. The van der Waals surface area contributed by atoms with Crippen molar-refractivity contribution >= 4 is 23.4 Å². The molecule has 0 saturated carbocycles. The monoisotopic (exact) mass is 233 g/mol. The van der Waals surface area contributed by atoms with Crippen molar-refractivity contribution in [1.29, 1.82) is 0 Å². The zero-order chi connectivity index (χ0) is 10.4. The number of thioether (sulfide) groups is 1. The molecule has 4 heteroatoms. The molecule has 1 unspecified atom stereocenters. The lowest BCUT2D eigenvalue weighted by Gasteiger charge is -2.09. The zero-order valence-electron chi connectivity index (χ0n) is 8.55. The molecule has 0 fully saturated rings. The Morgan fingerprint density at radius 2 is 2.36 bits per heavy atom. The van der Waals surface area contributed by atoms with Crippen LogP contribution in [0, 0.1) is 0 Å². The first-order valence-corrected chi connectivity index (χ1v) is 6.21. The van der Waals surface area contributed by atoms with Gasteiger partial charge in [0.2, 0.25) is 0 Å². The van der Waals surface area contributed by atoms with Crippen LogP contribution in [0.1, 0.15) is 19.6 Å². The van der Waals surface area contributed by atoms with E-state index < -0.39 is 0 Å². The summed E-state index contributed by atoms with van der Waals surface area (Å²) in [5, 5.41) is 4.38. The molecule has 2 nitrogen and oxygen atoms in total. The van der Waals surface area contributed by atoms with Gasteiger partial charge < -0.3 is 9.73 Å². The van der Waals surface area contributed by atoms with Crippen molar-refractivity contribution in [2.45, 2.75) is 24.9 Å². The van der Waals surface area contributed by atoms with E-state index in [9.17, 15) is 0 Å². The second-order valence-electron chi connectivity index (χ2n) is 3.14. The first kappa shape index (κ1) is 12.0. The van der Waals surface area contributed by atoms with Gasteiger partial charge in [0, 0.05) is 11.8 Å². The lowest BCUT2D eigenvalue weighted by Crippen LogP contribution is -2.22. The predicted octanol–water partition coefficient (Wildman–Crippen LogP) is 3.16. The van der Waals surface area contributed by atoms with E-state index >= 15 is 0 Å². The predicted molar refractivity (Wildman–Crippen MR) is 63.0 cm³/mol. The van der Waals surface area contributed by atoms with Crippen LogP contribution >= 0.6 is 23.4 Å². The quantitative estimate of drug-likeness (QED) is 0.817. The molecule has 0 saturated heterocycles. The van der Waals surface area contributed by atoms with Crippen LogP contribution in [0.4, 0.5) is 0 Å². The molecule has 0 aliphatic rings. The topological polar surface area (TPSA) is 25.2 Å². The third-order valence-corrected chi connectivity index (χ3v) is 3.21. The Hall–Kier alpha value is -0.120. The normalized spacial score (nSPS) is 13.1. The molecule has 14 heavy (non-hydrogen) atoms. The van der Waals surface area contributed by atoms with Crippen LogP contribution in [-0.4, -0.2) is 18.3 Å². The van der Waals surface area contributed by atoms with Crippen molar-refractivity contribution in [3.05, 3.63) is 23.1 Å². The Morgan fingerprint density at radius 1 is 1.57 bits per heavy atom. The van der Waals surface area contributed by atoms with Gasteiger partial charge in [-0.1, -0.05) is 13.8 Å². The molecule has 0 aromatic carbocycles. The van der Waals surface area contributed by atoms with Crippen molar-refractivity contribution in [1.82, 2.24) is 5.32 Å². The van der Waals surface area contributed by atoms with Crippen LogP contribution in [0.5, 0.6) is 0 Å². The minimum absolute atomic E-state index is 0.472. The Labute approximate surface area is 94.4 Å². The highest BCUT2D eigenvalue weighted by molar-refractivity contribution is 7.99. The maximum absolute atomic E-state index is 5.67. The average molecular weight is 234 g/mol. The molecule has 0 radical (unpaired) electrons. The zero-order valence-corrected chi connectivity index (χ0v) is 10.1. The van der Waals surface area contributed by atoms with Crippen LogP contribution in [-0.2, 0) is 5.75 Å². The molecule has 1 atom stereocenters. The maximum atomic E-state index is 5.67. The van der Waals surface area contributed by atoms with Gasteiger partial charge in [-0.2, -0.15) is 0 Å². The summed E-state index contributed by atoms with van der Waals surface area (Å²) >= 11 is 7.54. The molecule has 0 aliphatic heterocycles. The molecule has 0 bridgehead atoms. The fraction of sp³-hybridized carbons (Fsp3) is 0.600. The van der Waals surface area contributed by atoms with E-state index in [0.29, 0.717) is 10.5 Å². The molecule has 1 heterocycles. The lowest BCUT2D eigenvalue weighted by atomic mass is 10.5. The van der Waals surface area contributed by atoms with E-state index in [4.69, 9.17) is 16.0 Å². The largest absolute Gasteiger partial charge is 0.449 e. The van der Waals surface area contributed by atoms with Gasteiger partial charge in [0.25, 0.3) is 0 Å². The van der Waals surface area contributed by atoms with Gasteiger partial charge in [-0.05, 0) is 30.3 Å². The first-order chi connectivity index (χ1) is 6.72. The van der Waals surface area contributed by atoms with Crippen LogP contribution in [0.3, 0.4) is 0 Å². The van der Waals surface area contributed by atoms with Crippen LogP contribution in [0.15, 0.2) is 16.5 Å². The summed E-state index contributed by atoms with van der Waals surface area (Å²) in [7, 11) is 0. The molecule has 0 aliphatic carbocycles. The summed E-state index contributed by atoms with van der Waals surface area (Å²) in [5.41, 5.74) is 0. The summed E-state index contributed by atoms with van der Waals surface area (Å²) in [6, 6.07) is 3.71. The second-order valence-corrected chi connectivity index (χ2v) is 4.93. The van der Waals surface area contributed by atoms with E-state index in [2.05, 4.69) is 19.2 Å². The number of halogens is 1. The molecular formula is C10H16ClNOS. The summed E-state index contributed by atoms with van der Waals surface area (Å²) < 4.78 is 5.26. The third-order valence-electron chi connectivity index (χ3n) is 1.82. The third kappa shape index (κ3) is 4.40. The molecule has 80 valence electrons. The van der Waals surface area contributed by atoms with E-state index in [1.807, 2.05) is 17.8 Å². The van der Waals surface area contributed by atoms with Gasteiger partial charge in [0.1, 0.15) is 5.76 Å². The summed E-state index contributed by atoms with van der Waals surface area (Å²) in [5.74, 6) is 1.84. The van der Waals surface area contributed by atoms with Crippen molar-refractivity contribution in [3.8, 4) is 0 Å². The van der Waals surface area contributed by atoms with Crippen molar-refractivity contribution in [3.63, 3.8) is 0 Å². The lowest BCUT2D eigenvalue weighted by molar-refractivity contribution is 0.532. The summed E-state index contributed by atoms with van der Waals surface area (Å²) in [6.07, 6.45) is 0. The SMILES string of the molecule is CCNCC(C)SCc1ccc(Cl)o1. The van der Waals surface area contributed by atoms with Gasteiger partial charge in [-0.15, -0.1) is 11.8 Å². The Balaban J connectivity index is 2.20. The van der Waals surface area contributed by atoms with Crippen LogP contribution in [0.2, 0.25) is 5.22 Å². The molecular weight excluding hydrogens is 218 g/mol. The number of hydrogen-bond donors (Lipinski definition) is 1. The smallest absolute Gasteiger partial charge is 0.193 e. The number of rotatable bonds is 6. The van der Waals surface area contributed by atoms with E-state index in [-0.39, 0.29) is 0 Å². The molecule has 1 aromatic rings. The number of furan rings is 1. The van der Waals surface area contributed by atoms with Gasteiger partial charge in [0.15, 0.2) is 5.22 Å². The molecule has 0 spiro atoms. The highest BCUT2D eigenvalue weighted by Crippen LogP contribution is 2.21. The van der Waals surface area contributed by atoms with Crippen molar-refractivity contribution in [2.24, 2.45) is 0 Å². The Morgan fingerprint density at radius 3 is 2.93 bits per heavy atom. The standard InChI is InChI=1S/C10H16ClNOS/c1-3-12-6-8(2)14-7-9-4-5-10(11)13-9/h4-5,8,12H,3,6-7H2,1-2H3. The number of nitrogens with one attached hydrogen (secondary N) is 1. The fourth-order valence-electron chi connectivity index (χ4n) is 1.06. The highest BCUT2D eigenvalue weighted by Gasteiger charge is 2.04. The fourth-order valence-corrected chi connectivity index (χ4v) is 2.06. The van der Waals surface area contributed by atoms with Gasteiger partial charge in [0.05, 0.1) is 5.75 Å². The minimum Gasteiger partial charge on any atom is -0.449 e. The van der Waals surface area contributed by atoms with E-state index in [0.717, 1.165) is 24.6 Å². The summed E-state index contributed by atoms with van der Waals surface area (Å²) in [4.78, 5) is 0. The summed E-state index contributed by atoms with van der Waals surface area (Å²) in [6.45, 7) is 6.38. The van der Waals surface area contributed by atoms with Gasteiger partial charge >= 0.3 is 0 Å². The Kier molecular flexibility index (Phi) is 5.45.